The molecule has 1 aliphatic rings. The number of nitrogens with one attached hydrogen (secondary N) is 1. The average molecular weight is 277 g/mol. The average Bonchev–Trinajstić information content (AvgIpc) is 2.43. The van der Waals surface area contributed by atoms with E-state index in [2.05, 4.69) is 5.32 Å². The van der Waals surface area contributed by atoms with Crippen molar-refractivity contribution in [2.75, 3.05) is 13.1 Å². The van der Waals surface area contributed by atoms with Crippen LogP contribution in [-0.4, -0.2) is 41.0 Å². The highest BCUT2D eigenvalue weighted by atomic mass is 16.4. The zero-order valence-electron chi connectivity index (χ0n) is 10.8. The van der Waals surface area contributed by atoms with E-state index in [-0.39, 0.29) is 18.1 Å². The zero-order valence-corrected chi connectivity index (χ0v) is 10.8. The first kappa shape index (κ1) is 13.9. The first-order valence-electron chi connectivity index (χ1n) is 6.13. The van der Waals surface area contributed by atoms with Crippen LogP contribution in [0.2, 0.25) is 0 Å². The number of aromatic carboxylic acids is 1. The molecule has 0 aromatic heterocycles. The molecule has 7 heteroatoms. The topological polar surface area (TPSA) is 113 Å². The molecule has 0 radical (unpaired) electrons. The van der Waals surface area contributed by atoms with E-state index >= 15 is 0 Å². The van der Waals surface area contributed by atoms with Crippen LogP contribution in [-0.2, 0) is 17.8 Å². The van der Waals surface area contributed by atoms with Crippen LogP contribution in [0.4, 0.5) is 4.79 Å². The van der Waals surface area contributed by atoms with Crippen molar-refractivity contribution >= 4 is 17.9 Å². The van der Waals surface area contributed by atoms with Crippen molar-refractivity contribution < 1.29 is 19.5 Å². The van der Waals surface area contributed by atoms with Gasteiger partial charge in [0.05, 0.1) is 12.1 Å². The summed E-state index contributed by atoms with van der Waals surface area (Å²) in [6.45, 7) is 0.627. The third-order valence-corrected chi connectivity index (χ3v) is 3.17. The maximum atomic E-state index is 11.8. The normalized spacial score (nSPS) is 13.5. The number of carbonyl (C=O) groups is 3. The van der Waals surface area contributed by atoms with Crippen LogP contribution in [0.1, 0.15) is 21.5 Å². The number of benzene rings is 1. The van der Waals surface area contributed by atoms with Crippen molar-refractivity contribution in [1.29, 1.82) is 0 Å². The molecule has 0 saturated heterocycles. The molecule has 0 fully saturated rings. The van der Waals surface area contributed by atoms with Crippen LogP contribution in [0.25, 0.3) is 0 Å². The Balaban J connectivity index is 2.09. The van der Waals surface area contributed by atoms with Crippen LogP contribution in [0.5, 0.6) is 0 Å². The standard InChI is InChI=1S/C13H15N3O4/c14-11(17)6-15-13(20)16-4-3-8-1-2-9(12(18)19)5-10(8)7-16/h1-2,5H,3-4,6-7H2,(H2,14,17)(H,15,20)(H,18,19). The number of nitrogens with two attached hydrogens (primary N) is 1. The Bertz CT molecular complexity index is 571. The van der Waals surface area contributed by atoms with Gasteiger partial charge in [0, 0.05) is 13.1 Å². The Kier molecular flexibility index (Phi) is 3.88. The van der Waals surface area contributed by atoms with E-state index in [1.807, 2.05) is 0 Å². The second-order valence-electron chi connectivity index (χ2n) is 4.59. The SMILES string of the molecule is NC(=O)CNC(=O)N1CCc2ccc(C(=O)O)cc2C1. The van der Waals surface area contributed by atoms with E-state index in [0.29, 0.717) is 19.5 Å². The minimum absolute atomic E-state index is 0.197. The smallest absolute Gasteiger partial charge is 0.335 e. The highest BCUT2D eigenvalue weighted by Crippen LogP contribution is 2.20. The van der Waals surface area contributed by atoms with Gasteiger partial charge in [-0.3, -0.25) is 4.79 Å². The van der Waals surface area contributed by atoms with E-state index in [4.69, 9.17) is 10.8 Å². The summed E-state index contributed by atoms with van der Waals surface area (Å²) < 4.78 is 0. The lowest BCUT2D eigenvalue weighted by molar-refractivity contribution is -0.117. The number of carbonyl (C=O) groups excluding carboxylic acids is 2. The van der Waals surface area contributed by atoms with E-state index in [1.54, 1.807) is 18.2 Å². The predicted molar refractivity (Wildman–Crippen MR) is 70.1 cm³/mol. The summed E-state index contributed by atoms with van der Waals surface area (Å²) >= 11 is 0. The molecule has 1 aliphatic heterocycles. The van der Waals surface area contributed by atoms with Crippen molar-refractivity contribution in [2.45, 2.75) is 13.0 Å². The number of nitrogens with zero attached hydrogens (tertiary/aromatic N) is 1. The van der Waals surface area contributed by atoms with Crippen LogP contribution < -0.4 is 11.1 Å². The maximum Gasteiger partial charge on any atom is 0.335 e. The Morgan fingerprint density at radius 2 is 2.05 bits per heavy atom. The number of rotatable bonds is 3. The molecule has 0 spiro atoms. The van der Waals surface area contributed by atoms with Gasteiger partial charge in [-0.05, 0) is 29.7 Å². The van der Waals surface area contributed by atoms with Gasteiger partial charge in [0.25, 0.3) is 0 Å². The number of urea groups is 1. The lowest BCUT2D eigenvalue weighted by Gasteiger charge is -2.29. The summed E-state index contributed by atoms with van der Waals surface area (Å²) in [6.07, 6.45) is 0.652. The Hall–Kier alpha value is -2.57. The van der Waals surface area contributed by atoms with Crippen LogP contribution >= 0.6 is 0 Å². The van der Waals surface area contributed by atoms with Crippen molar-refractivity contribution in [1.82, 2.24) is 10.2 Å². The van der Waals surface area contributed by atoms with E-state index in [9.17, 15) is 14.4 Å². The number of carboxylic acids is 1. The largest absolute Gasteiger partial charge is 0.478 e. The molecule has 2 rings (SSSR count). The summed E-state index contributed by atoms with van der Waals surface area (Å²) in [7, 11) is 0. The molecular weight excluding hydrogens is 262 g/mol. The van der Waals surface area contributed by atoms with Gasteiger partial charge < -0.3 is 21.1 Å². The Labute approximate surface area is 115 Å². The lowest BCUT2D eigenvalue weighted by atomic mass is 9.97. The molecule has 7 nitrogen and oxygen atoms in total. The highest BCUT2D eigenvalue weighted by molar-refractivity contribution is 5.88. The number of hydrogen-bond acceptors (Lipinski definition) is 3. The summed E-state index contributed by atoms with van der Waals surface area (Å²) in [5.41, 5.74) is 7.01. The third kappa shape index (κ3) is 3.05. The molecule has 0 unspecified atom stereocenters. The summed E-state index contributed by atoms with van der Waals surface area (Å²) in [6, 6.07) is 4.53. The van der Waals surface area contributed by atoms with Crippen LogP contribution in [0.15, 0.2) is 18.2 Å². The van der Waals surface area contributed by atoms with Crippen molar-refractivity contribution in [2.24, 2.45) is 5.73 Å². The van der Waals surface area contributed by atoms with Crippen LogP contribution in [0.3, 0.4) is 0 Å². The lowest BCUT2D eigenvalue weighted by Crippen LogP contribution is -2.45. The summed E-state index contributed by atoms with van der Waals surface area (Å²) in [5, 5.41) is 11.4. The molecule has 3 amide bonds. The van der Waals surface area contributed by atoms with Gasteiger partial charge in [0.15, 0.2) is 0 Å². The fourth-order valence-electron chi connectivity index (χ4n) is 2.14. The van der Waals surface area contributed by atoms with Crippen molar-refractivity contribution in [3.05, 3.63) is 34.9 Å². The fourth-order valence-corrected chi connectivity index (χ4v) is 2.14. The molecule has 20 heavy (non-hydrogen) atoms. The second kappa shape index (κ2) is 5.60. The molecule has 4 N–H and O–H groups in total. The minimum atomic E-state index is -0.997. The van der Waals surface area contributed by atoms with Gasteiger partial charge in [-0.1, -0.05) is 6.07 Å². The molecule has 1 aromatic carbocycles. The second-order valence-corrected chi connectivity index (χ2v) is 4.59. The molecule has 106 valence electrons. The maximum absolute atomic E-state index is 11.8. The molecule has 0 saturated carbocycles. The van der Waals surface area contributed by atoms with Gasteiger partial charge >= 0.3 is 12.0 Å². The Morgan fingerprint density at radius 3 is 2.70 bits per heavy atom. The van der Waals surface area contributed by atoms with Crippen molar-refractivity contribution in [3.63, 3.8) is 0 Å². The van der Waals surface area contributed by atoms with Crippen molar-refractivity contribution in [3.8, 4) is 0 Å². The number of carboxylic acid groups (broad SMARTS) is 1. The molecule has 1 heterocycles. The van der Waals surface area contributed by atoms with Gasteiger partial charge in [0.2, 0.25) is 5.91 Å². The molecule has 1 aromatic rings. The Morgan fingerprint density at radius 1 is 1.30 bits per heavy atom. The number of amides is 3. The fraction of sp³-hybridized carbons (Fsp3) is 0.308. The highest BCUT2D eigenvalue weighted by Gasteiger charge is 2.21. The zero-order chi connectivity index (χ0) is 14.7. The number of hydrogen-bond donors (Lipinski definition) is 3. The number of fused-ring (bicyclic) bond motifs is 1. The molecule has 0 aliphatic carbocycles. The first-order chi connectivity index (χ1) is 9.47. The minimum Gasteiger partial charge on any atom is -0.478 e. The van der Waals surface area contributed by atoms with E-state index < -0.39 is 11.9 Å². The van der Waals surface area contributed by atoms with Crippen LogP contribution in [0, 0.1) is 0 Å². The molecule has 0 bridgehead atoms. The summed E-state index contributed by atoms with van der Waals surface area (Å²) in [5.74, 6) is -1.60. The van der Waals surface area contributed by atoms with Gasteiger partial charge in [0.1, 0.15) is 0 Å². The van der Waals surface area contributed by atoms with Gasteiger partial charge in [-0.25, -0.2) is 9.59 Å². The third-order valence-electron chi connectivity index (χ3n) is 3.17. The summed E-state index contributed by atoms with van der Waals surface area (Å²) in [4.78, 5) is 34.9. The number of primary amides is 1. The molecular formula is C13H15N3O4. The van der Waals surface area contributed by atoms with Gasteiger partial charge in [-0.15, -0.1) is 0 Å². The molecule has 0 atom stereocenters. The first-order valence-corrected chi connectivity index (χ1v) is 6.13. The van der Waals surface area contributed by atoms with E-state index in [0.717, 1.165) is 11.1 Å². The van der Waals surface area contributed by atoms with E-state index in [1.165, 1.54) is 4.90 Å². The quantitative estimate of drug-likeness (QED) is 0.718. The predicted octanol–water partition coefficient (Wildman–Crippen LogP) is -0.0622. The van der Waals surface area contributed by atoms with Gasteiger partial charge in [-0.2, -0.15) is 0 Å². The monoisotopic (exact) mass is 277 g/mol.